The average molecular weight is 198 g/mol. The van der Waals surface area contributed by atoms with Crippen LogP contribution in [-0.4, -0.2) is 16.2 Å². The van der Waals surface area contributed by atoms with Crippen molar-refractivity contribution in [1.82, 2.24) is 9.97 Å². The predicted octanol–water partition coefficient (Wildman–Crippen LogP) is 2.66. The third kappa shape index (κ3) is 1.54. The van der Waals surface area contributed by atoms with Crippen molar-refractivity contribution in [2.24, 2.45) is 4.99 Å². The van der Waals surface area contributed by atoms with E-state index in [9.17, 15) is 0 Å². The summed E-state index contributed by atoms with van der Waals surface area (Å²) >= 11 is 0. The van der Waals surface area contributed by atoms with Gasteiger partial charge in [-0.1, -0.05) is 6.07 Å². The zero-order chi connectivity index (χ0) is 10.1. The summed E-state index contributed by atoms with van der Waals surface area (Å²) in [6.45, 7) is 0. The first-order valence-corrected chi connectivity index (χ1v) is 5.31. The molecule has 1 aliphatic heterocycles. The van der Waals surface area contributed by atoms with Crippen molar-refractivity contribution in [3.63, 3.8) is 0 Å². The Bertz CT molecular complexity index is 498. The van der Waals surface area contributed by atoms with Crippen molar-refractivity contribution in [3.05, 3.63) is 30.1 Å². The van der Waals surface area contributed by atoms with Crippen molar-refractivity contribution in [2.75, 3.05) is 0 Å². The number of imidazole rings is 1. The molecule has 0 saturated heterocycles. The van der Waals surface area contributed by atoms with E-state index in [1.165, 1.54) is 12.0 Å². The molecule has 0 fully saturated rings. The van der Waals surface area contributed by atoms with E-state index in [0.717, 1.165) is 23.9 Å². The van der Waals surface area contributed by atoms with Gasteiger partial charge in [0.25, 0.3) is 0 Å². The zero-order valence-corrected chi connectivity index (χ0v) is 8.40. The number of aliphatic imine (C=N–C) groups is 1. The molecule has 3 nitrogen and oxygen atoms in total. The van der Waals surface area contributed by atoms with Gasteiger partial charge in [0.2, 0.25) is 0 Å². The first-order chi connectivity index (χ1) is 7.43. The zero-order valence-electron chi connectivity index (χ0n) is 8.40. The summed E-state index contributed by atoms with van der Waals surface area (Å²) in [5, 5.41) is 0. The van der Waals surface area contributed by atoms with Gasteiger partial charge in [0, 0.05) is 0 Å². The molecule has 1 unspecified atom stereocenters. The van der Waals surface area contributed by atoms with E-state index in [1.807, 2.05) is 12.3 Å². The van der Waals surface area contributed by atoms with Gasteiger partial charge >= 0.3 is 0 Å². The Morgan fingerprint density at radius 1 is 1.40 bits per heavy atom. The third-order valence-electron chi connectivity index (χ3n) is 2.87. The Hall–Kier alpha value is -1.64. The molecule has 1 aromatic carbocycles. The Balaban J connectivity index is 2.02. The van der Waals surface area contributed by atoms with Crippen LogP contribution in [-0.2, 0) is 0 Å². The first-order valence-electron chi connectivity index (χ1n) is 5.31. The van der Waals surface area contributed by atoms with Gasteiger partial charge in [-0.05, 0) is 43.2 Å². The summed E-state index contributed by atoms with van der Waals surface area (Å²) < 4.78 is 0. The van der Waals surface area contributed by atoms with Crippen molar-refractivity contribution in [3.8, 4) is 0 Å². The van der Waals surface area contributed by atoms with Crippen molar-refractivity contribution < 1.29 is 0 Å². The minimum Gasteiger partial charge on any atom is -0.335 e. The number of fused-ring (bicyclic) bond motifs is 1. The molecular weight excluding hydrogens is 186 g/mol. The van der Waals surface area contributed by atoms with Crippen molar-refractivity contribution in [1.29, 1.82) is 0 Å². The number of nitrogens with one attached hydrogen (secondary N) is 1. The maximum Gasteiger partial charge on any atom is 0.174 e. The Morgan fingerprint density at radius 3 is 3.27 bits per heavy atom. The van der Waals surface area contributed by atoms with E-state index in [-0.39, 0.29) is 0 Å². The third-order valence-corrected chi connectivity index (χ3v) is 2.87. The molecule has 1 aromatic heterocycles. The molecule has 15 heavy (non-hydrogen) atoms. The molecule has 1 atom stereocenters. The molecule has 1 aliphatic rings. The van der Waals surface area contributed by atoms with Gasteiger partial charge in [-0.25, -0.2) is 4.98 Å². The fourth-order valence-corrected chi connectivity index (χ4v) is 2.04. The largest absolute Gasteiger partial charge is 0.335 e. The summed E-state index contributed by atoms with van der Waals surface area (Å²) in [5.41, 5.74) is 3.29. The predicted molar refractivity (Wildman–Crippen MR) is 60.0 cm³/mol. The van der Waals surface area contributed by atoms with Crippen LogP contribution in [0, 0.1) is 6.33 Å². The summed E-state index contributed by atoms with van der Waals surface area (Å²) in [6.07, 6.45) is 8.31. The lowest BCUT2D eigenvalue weighted by Crippen LogP contribution is -2.01. The maximum absolute atomic E-state index is 4.52. The van der Waals surface area contributed by atoms with Gasteiger partial charge in [0.05, 0.1) is 17.1 Å². The molecule has 0 aliphatic carbocycles. The van der Waals surface area contributed by atoms with E-state index in [0.29, 0.717) is 6.04 Å². The summed E-state index contributed by atoms with van der Waals surface area (Å²) in [7, 11) is 0. The number of hydrogen-bond acceptors (Lipinski definition) is 2. The molecule has 0 spiro atoms. The first kappa shape index (κ1) is 8.65. The summed E-state index contributed by atoms with van der Waals surface area (Å²) in [4.78, 5) is 11.6. The molecule has 2 aromatic rings. The Labute approximate surface area is 88.3 Å². The summed E-state index contributed by atoms with van der Waals surface area (Å²) in [6, 6.07) is 6.62. The summed E-state index contributed by atoms with van der Waals surface area (Å²) in [5.74, 6) is 0. The van der Waals surface area contributed by atoms with E-state index < -0.39 is 0 Å². The maximum atomic E-state index is 4.52. The molecule has 0 saturated carbocycles. The second kappa shape index (κ2) is 3.50. The molecular formula is C12H12N3. The minimum atomic E-state index is 0.339. The number of H-pyrrole nitrogens is 1. The number of nitrogens with zero attached hydrogens (tertiary/aromatic N) is 2. The van der Waals surface area contributed by atoms with Crippen LogP contribution in [0.1, 0.15) is 30.9 Å². The van der Waals surface area contributed by atoms with Crippen molar-refractivity contribution >= 4 is 17.2 Å². The molecule has 3 rings (SSSR count). The topological polar surface area (TPSA) is 41.0 Å². The van der Waals surface area contributed by atoms with E-state index in [1.54, 1.807) is 0 Å². The monoisotopic (exact) mass is 198 g/mol. The lowest BCUT2D eigenvalue weighted by atomic mass is 9.99. The molecule has 1 N–H and O–H groups in total. The highest BCUT2D eigenvalue weighted by atomic mass is 14.9. The van der Waals surface area contributed by atoms with Crippen LogP contribution in [0.15, 0.2) is 23.2 Å². The lowest BCUT2D eigenvalue weighted by molar-refractivity contribution is 0.604. The number of aromatic amines is 1. The van der Waals surface area contributed by atoms with Crippen molar-refractivity contribution in [2.45, 2.75) is 25.3 Å². The fraction of sp³-hybridized carbons (Fsp3) is 0.333. The molecule has 0 amide bonds. The minimum absolute atomic E-state index is 0.339. The average Bonchev–Trinajstić information content (AvgIpc) is 2.77. The van der Waals surface area contributed by atoms with Gasteiger partial charge in [-0.15, -0.1) is 0 Å². The van der Waals surface area contributed by atoms with Crippen LogP contribution in [0.25, 0.3) is 11.0 Å². The van der Waals surface area contributed by atoms with E-state index >= 15 is 0 Å². The second-order valence-electron chi connectivity index (χ2n) is 3.90. The SMILES string of the molecule is [c]1nc2ccc(C3CCCC=N3)cc2[nH]1. The number of aromatic nitrogens is 2. The Kier molecular flexibility index (Phi) is 2.02. The van der Waals surface area contributed by atoms with Crippen LogP contribution in [0.3, 0.4) is 0 Å². The highest BCUT2D eigenvalue weighted by Gasteiger charge is 2.12. The highest BCUT2D eigenvalue weighted by molar-refractivity contribution is 5.75. The quantitative estimate of drug-likeness (QED) is 0.752. The van der Waals surface area contributed by atoms with Crippen LogP contribution >= 0.6 is 0 Å². The van der Waals surface area contributed by atoms with Gasteiger partial charge in [0.1, 0.15) is 0 Å². The van der Waals surface area contributed by atoms with E-state index in [2.05, 4.69) is 33.4 Å². The van der Waals surface area contributed by atoms with Crippen LogP contribution in [0.2, 0.25) is 0 Å². The van der Waals surface area contributed by atoms with Gasteiger partial charge < -0.3 is 4.98 Å². The molecule has 75 valence electrons. The normalized spacial score (nSPS) is 20.9. The molecule has 2 heterocycles. The van der Waals surface area contributed by atoms with Gasteiger partial charge in [-0.3, -0.25) is 4.99 Å². The van der Waals surface area contributed by atoms with Crippen LogP contribution in [0.4, 0.5) is 0 Å². The highest BCUT2D eigenvalue weighted by Crippen LogP contribution is 2.27. The second-order valence-corrected chi connectivity index (χ2v) is 3.90. The smallest absolute Gasteiger partial charge is 0.174 e. The van der Waals surface area contributed by atoms with Gasteiger partial charge in [0.15, 0.2) is 6.33 Å². The number of benzene rings is 1. The Morgan fingerprint density at radius 2 is 2.40 bits per heavy atom. The number of hydrogen-bond donors (Lipinski definition) is 1. The van der Waals surface area contributed by atoms with Gasteiger partial charge in [-0.2, -0.15) is 0 Å². The fourth-order valence-electron chi connectivity index (χ4n) is 2.04. The lowest BCUT2D eigenvalue weighted by Gasteiger charge is -2.15. The van der Waals surface area contributed by atoms with Crippen LogP contribution < -0.4 is 0 Å². The molecule has 3 heteroatoms. The van der Waals surface area contributed by atoms with Crippen LogP contribution in [0.5, 0.6) is 0 Å². The molecule has 1 radical (unpaired) electrons. The standard InChI is InChI=1S/C12H12N3/c1-2-6-13-10(3-1)9-4-5-11-12(7-9)15-8-14-11/h4-7,10H,1-3H2,(H,14,15). The van der Waals surface area contributed by atoms with E-state index in [4.69, 9.17) is 0 Å². The number of rotatable bonds is 1. The molecule has 0 bridgehead atoms.